The first-order valence-electron chi connectivity index (χ1n) is 8.53. The van der Waals surface area contributed by atoms with Crippen molar-refractivity contribution in [2.75, 3.05) is 24.4 Å². The molecule has 1 fully saturated rings. The van der Waals surface area contributed by atoms with Crippen LogP contribution in [0, 0.1) is 11.6 Å². The molecule has 6 nitrogen and oxygen atoms in total. The maximum Gasteiger partial charge on any atom is 0.220 e. The number of carbonyl (C=O) groups excluding carboxylic acids is 1. The topological polar surface area (TPSA) is 102 Å². The second kappa shape index (κ2) is 8.13. The number of hydrogen-bond acceptors (Lipinski definition) is 4. The van der Waals surface area contributed by atoms with Gasteiger partial charge in [-0.2, -0.15) is 0 Å². The quantitative estimate of drug-likeness (QED) is 0.249. The first kappa shape index (κ1) is 18.8. The summed E-state index contributed by atoms with van der Waals surface area (Å²) in [4.78, 5) is 11.1. The van der Waals surface area contributed by atoms with Gasteiger partial charge in [0.25, 0.3) is 0 Å². The maximum atomic E-state index is 14.2. The summed E-state index contributed by atoms with van der Waals surface area (Å²) in [5.74, 6) is -0.975. The second-order valence-electron chi connectivity index (χ2n) is 6.34. The number of ether oxygens (including phenoxy) is 1. The number of nitrogens with one attached hydrogen (secondary N) is 2. The summed E-state index contributed by atoms with van der Waals surface area (Å²) < 4.78 is 33.0. The summed E-state index contributed by atoms with van der Waals surface area (Å²) in [5.41, 5.74) is 7.28. The number of nitrogen functional groups attached to an aromatic ring is 1. The Bertz CT molecular complexity index is 873. The molecular weight excluding hydrogens is 354 g/mol. The molecule has 0 aliphatic carbocycles. The van der Waals surface area contributed by atoms with Crippen LogP contribution in [0.5, 0.6) is 0 Å². The van der Waals surface area contributed by atoms with Crippen LogP contribution in [0.15, 0.2) is 36.4 Å². The molecule has 0 aromatic heterocycles. The Kier molecular flexibility index (Phi) is 5.66. The van der Waals surface area contributed by atoms with Crippen molar-refractivity contribution >= 4 is 23.0 Å². The molecule has 1 aliphatic heterocycles. The number of hydrogen-bond donors (Lipinski definition) is 4. The Labute approximate surface area is 155 Å². The van der Waals surface area contributed by atoms with Crippen molar-refractivity contribution in [3.8, 4) is 0 Å². The highest BCUT2D eigenvalue weighted by molar-refractivity contribution is 6.12. The molecule has 1 heterocycles. The van der Waals surface area contributed by atoms with Crippen molar-refractivity contribution in [1.82, 2.24) is 5.32 Å². The number of carbonyl (C=O) groups is 1. The molecule has 1 aliphatic rings. The minimum atomic E-state index is -0.555. The summed E-state index contributed by atoms with van der Waals surface area (Å²) in [7, 11) is 0. The number of benzene rings is 2. The predicted molar refractivity (Wildman–Crippen MR) is 98.0 cm³/mol. The standard InChI is InChI=1S/C19H20F2N4O2/c20-12-3-1-2-11(6-12)19(23)14-7-17(15(21)8-16(14)22)24-10-27-9-13-4-5-18(26)25-13/h1-3,6-8,13,23-24H,4-5,9-10,22H2,(H,25,26)/p+1. The Morgan fingerprint density at radius 1 is 1.33 bits per heavy atom. The first-order valence-corrected chi connectivity index (χ1v) is 8.53. The van der Waals surface area contributed by atoms with E-state index in [9.17, 15) is 13.6 Å². The number of halogens is 2. The largest absolute Gasteiger partial charge is 0.398 e. The van der Waals surface area contributed by atoms with Crippen LogP contribution < -0.4 is 21.8 Å². The fourth-order valence-corrected chi connectivity index (χ4v) is 2.90. The zero-order chi connectivity index (χ0) is 19.4. The summed E-state index contributed by atoms with van der Waals surface area (Å²) in [6.45, 7) is 0.381. The number of anilines is 2. The SMILES string of the molecule is Nc1cc(F)c(NCOCC2CCC(=O)N2)cc1C(=[NH2+])c1cccc(F)c1. The smallest absolute Gasteiger partial charge is 0.220 e. The lowest BCUT2D eigenvalue weighted by atomic mass is 10.00. The molecule has 1 amide bonds. The van der Waals surface area contributed by atoms with Crippen molar-refractivity contribution in [2.45, 2.75) is 18.9 Å². The lowest BCUT2D eigenvalue weighted by molar-refractivity contribution is -0.119. The zero-order valence-electron chi connectivity index (χ0n) is 14.6. The molecule has 0 saturated carbocycles. The van der Waals surface area contributed by atoms with E-state index < -0.39 is 11.6 Å². The van der Waals surface area contributed by atoms with Crippen molar-refractivity contribution in [1.29, 1.82) is 0 Å². The molecule has 1 atom stereocenters. The molecule has 6 N–H and O–H groups in total. The van der Waals surface area contributed by atoms with Crippen molar-refractivity contribution in [3.63, 3.8) is 0 Å². The molecule has 2 aromatic rings. The third-order valence-corrected chi connectivity index (χ3v) is 4.33. The van der Waals surface area contributed by atoms with Gasteiger partial charge in [0.2, 0.25) is 11.6 Å². The Balaban J connectivity index is 1.66. The van der Waals surface area contributed by atoms with Gasteiger partial charge >= 0.3 is 0 Å². The van der Waals surface area contributed by atoms with Crippen LogP contribution in [0.3, 0.4) is 0 Å². The highest BCUT2D eigenvalue weighted by atomic mass is 19.1. The van der Waals surface area contributed by atoms with Crippen LogP contribution in [0.2, 0.25) is 0 Å². The first-order chi connectivity index (χ1) is 12.9. The van der Waals surface area contributed by atoms with Gasteiger partial charge in [-0.3, -0.25) is 10.2 Å². The van der Waals surface area contributed by atoms with Crippen molar-refractivity contribution < 1.29 is 23.7 Å². The third-order valence-electron chi connectivity index (χ3n) is 4.33. The Hall–Kier alpha value is -3.00. The number of rotatable bonds is 7. The van der Waals surface area contributed by atoms with Gasteiger partial charge in [0.05, 0.1) is 23.9 Å². The van der Waals surface area contributed by atoms with Crippen molar-refractivity contribution in [3.05, 3.63) is 59.2 Å². The van der Waals surface area contributed by atoms with Crippen LogP contribution in [0.4, 0.5) is 20.2 Å². The highest BCUT2D eigenvalue weighted by Crippen LogP contribution is 2.24. The minimum Gasteiger partial charge on any atom is -0.398 e. The molecule has 27 heavy (non-hydrogen) atoms. The van der Waals surface area contributed by atoms with Crippen LogP contribution in [-0.4, -0.2) is 31.0 Å². The van der Waals surface area contributed by atoms with Gasteiger partial charge in [-0.15, -0.1) is 0 Å². The van der Waals surface area contributed by atoms with E-state index in [0.717, 1.165) is 12.5 Å². The van der Waals surface area contributed by atoms with E-state index >= 15 is 0 Å². The Morgan fingerprint density at radius 2 is 2.15 bits per heavy atom. The van der Waals surface area contributed by atoms with E-state index in [1.807, 2.05) is 0 Å². The van der Waals surface area contributed by atoms with E-state index in [-0.39, 0.29) is 35.8 Å². The van der Waals surface area contributed by atoms with E-state index in [2.05, 4.69) is 10.6 Å². The molecule has 8 heteroatoms. The minimum absolute atomic E-state index is 0.00846. The Morgan fingerprint density at radius 3 is 2.85 bits per heavy atom. The molecule has 0 spiro atoms. The molecule has 0 bridgehead atoms. The third kappa shape index (κ3) is 4.59. The fourth-order valence-electron chi connectivity index (χ4n) is 2.90. The fraction of sp³-hybridized carbons (Fsp3) is 0.263. The van der Waals surface area contributed by atoms with Gasteiger partial charge in [-0.05, 0) is 36.8 Å². The van der Waals surface area contributed by atoms with Crippen LogP contribution in [0.1, 0.15) is 24.0 Å². The summed E-state index contributed by atoms with van der Waals surface area (Å²) in [5, 5.41) is 11.7. The molecule has 142 valence electrons. The summed E-state index contributed by atoms with van der Waals surface area (Å²) >= 11 is 0. The van der Waals surface area contributed by atoms with Gasteiger partial charge in [-0.1, -0.05) is 6.07 Å². The molecular formula is C19H21F2N4O2+. The summed E-state index contributed by atoms with van der Waals surface area (Å²) in [6, 6.07) is 8.36. The van der Waals surface area contributed by atoms with Gasteiger partial charge in [0, 0.05) is 17.7 Å². The van der Waals surface area contributed by atoms with E-state index in [1.54, 1.807) is 6.07 Å². The lowest BCUT2D eigenvalue weighted by Gasteiger charge is -2.14. The van der Waals surface area contributed by atoms with Crippen LogP contribution in [0.25, 0.3) is 0 Å². The van der Waals surface area contributed by atoms with E-state index in [4.69, 9.17) is 15.9 Å². The molecule has 1 unspecified atom stereocenters. The lowest BCUT2D eigenvalue weighted by Crippen LogP contribution is -2.41. The maximum absolute atomic E-state index is 14.2. The average Bonchev–Trinajstić information content (AvgIpc) is 3.05. The molecule has 0 radical (unpaired) electrons. The predicted octanol–water partition coefficient (Wildman–Crippen LogP) is 0.808. The average molecular weight is 375 g/mol. The highest BCUT2D eigenvalue weighted by Gasteiger charge is 2.21. The van der Waals surface area contributed by atoms with E-state index in [1.165, 1.54) is 24.3 Å². The molecule has 1 saturated heterocycles. The van der Waals surface area contributed by atoms with Crippen LogP contribution in [-0.2, 0) is 9.53 Å². The number of amides is 1. The normalized spacial score (nSPS) is 16.2. The summed E-state index contributed by atoms with van der Waals surface area (Å²) in [6.07, 6.45) is 1.21. The van der Waals surface area contributed by atoms with Crippen LogP contribution >= 0.6 is 0 Å². The van der Waals surface area contributed by atoms with Gasteiger partial charge < -0.3 is 21.1 Å². The van der Waals surface area contributed by atoms with E-state index in [0.29, 0.717) is 24.2 Å². The zero-order valence-corrected chi connectivity index (χ0v) is 14.6. The second-order valence-corrected chi connectivity index (χ2v) is 6.34. The molecule has 3 rings (SSSR count). The monoisotopic (exact) mass is 375 g/mol. The number of nitrogens with two attached hydrogens (primary N) is 2. The van der Waals surface area contributed by atoms with Gasteiger partial charge in [0.15, 0.2) is 0 Å². The van der Waals surface area contributed by atoms with Gasteiger partial charge in [-0.25, -0.2) is 8.78 Å². The van der Waals surface area contributed by atoms with Crippen molar-refractivity contribution in [2.24, 2.45) is 0 Å². The van der Waals surface area contributed by atoms with Gasteiger partial charge in [0.1, 0.15) is 18.4 Å². The molecule has 2 aromatic carbocycles.